The van der Waals surface area contributed by atoms with Crippen molar-refractivity contribution in [1.82, 2.24) is 20.0 Å². The highest BCUT2D eigenvalue weighted by atomic mass is 16.5. The van der Waals surface area contributed by atoms with Crippen molar-refractivity contribution in [3.63, 3.8) is 0 Å². The van der Waals surface area contributed by atoms with Crippen LogP contribution in [0.25, 0.3) is 0 Å². The number of carbonyl (C=O) groups excluding carboxylic acids is 4. The summed E-state index contributed by atoms with van der Waals surface area (Å²) in [6, 6.07) is 7.81. The molecule has 0 bridgehead atoms. The second-order valence-corrected chi connectivity index (χ2v) is 13.5. The van der Waals surface area contributed by atoms with Crippen LogP contribution < -0.4 is 5.32 Å². The number of esters is 1. The Hall–Kier alpha value is -3.20. The number of piperidine rings is 1. The Morgan fingerprint density at radius 1 is 0.978 bits per heavy atom. The highest BCUT2D eigenvalue weighted by Crippen LogP contribution is 2.28. The number of hydrogen-bond acceptors (Lipinski definition) is 6. The van der Waals surface area contributed by atoms with E-state index in [0.717, 1.165) is 44.2 Å². The molecule has 2 saturated heterocycles. The number of hydrogen-bond donors (Lipinski definition) is 1. The molecule has 2 heterocycles. The highest BCUT2D eigenvalue weighted by molar-refractivity contribution is 5.96. The van der Waals surface area contributed by atoms with Crippen LogP contribution in [0.3, 0.4) is 0 Å². The van der Waals surface area contributed by atoms with E-state index in [1.165, 1.54) is 0 Å². The van der Waals surface area contributed by atoms with Gasteiger partial charge in [-0.05, 0) is 70.0 Å². The average Bonchev–Trinajstić information content (AvgIpc) is 3.51. The number of amides is 3. The Morgan fingerprint density at radius 3 is 2.24 bits per heavy atom. The fraction of sp³-hybridized carbons (Fsp3) is 0.667. The Bertz CT molecular complexity index is 1180. The van der Waals surface area contributed by atoms with Gasteiger partial charge < -0.3 is 19.9 Å². The number of nitrogens with one attached hydrogen (secondary N) is 1. The summed E-state index contributed by atoms with van der Waals surface area (Å²) < 4.78 is 6.00. The molecule has 3 rings (SSSR count). The summed E-state index contributed by atoms with van der Waals surface area (Å²) in [6.45, 7) is 13.0. The maximum atomic E-state index is 13.9. The van der Waals surface area contributed by atoms with Crippen molar-refractivity contribution in [1.29, 1.82) is 0 Å². The fourth-order valence-corrected chi connectivity index (χ4v) is 6.54. The Morgan fingerprint density at radius 2 is 1.64 bits per heavy atom. The van der Waals surface area contributed by atoms with E-state index >= 15 is 0 Å². The molecule has 2 fully saturated rings. The van der Waals surface area contributed by atoms with Crippen LogP contribution in [0.4, 0.5) is 0 Å². The standard InChI is InChI=1S/C36H56N4O5/c1-9-16-31(27-17-11-10-12-18-27)45-36(44)29-20-15-22-40(29)34(42)26(6)23-30(24(2)3)39(8)35(43)32(25(4)5)37-33(41)28-19-13-14-21-38(28)7/h10-12,17-18,23-25,28-32H,9,13-16,19-22H2,1-8H3,(H,37,41)/b26-23+/t28-,29+,30-,31-,32+/m1/s1. The Labute approximate surface area is 270 Å². The predicted octanol–water partition coefficient (Wildman–Crippen LogP) is 5.12. The zero-order chi connectivity index (χ0) is 33.3. The van der Waals surface area contributed by atoms with Crippen molar-refractivity contribution >= 4 is 23.7 Å². The van der Waals surface area contributed by atoms with Gasteiger partial charge in [0.1, 0.15) is 18.2 Å². The van der Waals surface area contributed by atoms with E-state index in [1.54, 1.807) is 23.8 Å². The van der Waals surface area contributed by atoms with Crippen molar-refractivity contribution < 1.29 is 23.9 Å². The quantitative estimate of drug-likeness (QED) is 0.242. The molecule has 9 nitrogen and oxygen atoms in total. The van der Waals surface area contributed by atoms with Crippen molar-refractivity contribution in [3.05, 3.63) is 47.5 Å². The summed E-state index contributed by atoms with van der Waals surface area (Å²) in [6.07, 6.45) is 7.20. The molecule has 250 valence electrons. The van der Waals surface area contributed by atoms with Crippen LogP contribution in [0.2, 0.25) is 0 Å². The van der Waals surface area contributed by atoms with E-state index in [-0.39, 0.29) is 53.7 Å². The first-order valence-electron chi connectivity index (χ1n) is 16.9. The lowest BCUT2D eigenvalue weighted by atomic mass is 9.96. The van der Waals surface area contributed by atoms with E-state index in [0.29, 0.717) is 25.0 Å². The molecule has 2 aliphatic rings. The van der Waals surface area contributed by atoms with Gasteiger partial charge in [-0.3, -0.25) is 19.3 Å². The van der Waals surface area contributed by atoms with Crippen LogP contribution in [-0.2, 0) is 23.9 Å². The largest absolute Gasteiger partial charge is 0.456 e. The van der Waals surface area contributed by atoms with Crippen LogP contribution in [0, 0.1) is 11.8 Å². The molecule has 0 spiro atoms. The molecule has 1 aromatic carbocycles. The first kappa shape index (κ1) is 36.3. The van der Waals surface area contributed by atoms with E-state index in [9.17, 15) is 19.2 Å². The van der Waals surface area contributed by atoms with Crippen molar-refractivity contribution in [2.75, 3.05) is 27.2 Å². The SMILES string of the molecule is CCC[C@@H](OC(=O)[C@@H]1CCCN1C(=O)/C(C)=C/[C@H](C(C)C)N(C)C(=O)[C@@H](NC(=O)[C@H]1CCCCN1C)C(C)C)c1ccccc1. The molecule has 2 aliphatic heterocycles. The lowest BCUT2D eigenvalue weighted by molar-refractivity contribution is -0.158. The van der Waals surface area contributed by atoms with Gasteiger partial charge in [-0.15, -0.1) is 0 Å². The number of likely N-dealkylation sites (tertiary alicyclic amines) is 2. The summed E-state index contributed by atoms with van der Waals surface area (Å²) in [5.74, 6) is -0.987. The third-order valence-electron chi connectivity index (χ3n) is 9.31. The summed E-state index contributed by atoms with van der Waals surface area (Å²) in [5, 5.41) is 3.05. The topological polar surface area (TPSA) is 99.3 Å². The molecular weight excluding hydrogens is 568 g/mol. The maximum absolute atomic E-state index is 13.9. The van der Waals surface area contributed by atoms with Gasteiger partial charge in [0.15, 0.2) is 0 Å². The van der Waals surface area contributed by atoms with E-state index in [1.807, 2.05) is 71.2 Å². The molecule has 5 atom stereocenters. The predicted molar refractivity (Wildman–Crippen MR) is 177 cm³/mol. The lowest BCUT2D eigenvalue weighted by Gasteiger charge is -2.36. The first-order valence-corrected chi connectivity index (χ1v) is 16.9. The molecule has 1 aromatic rings. The minimum atomic E-state index is -0.679. The number of ether oxygens (including phenoxy) is 1. The summed E-state index contributed by atoms with van der Waals surface area (Å²) in [7, 11) is 3.70. The number of rotatable bonds is 13. The van der Waals surface area contributed by atoms with Crippen molar-refractivity contribution in [3.8, 4) is 0 Å². The average molecular weight is 625 g/mol. The molecule has 0 aliphatic carbocycles. The van der Waals surface area contributed by atoms with Crippen LogP contribution >= 0.6 is 0 Å². The molecular formula is C36H56N4O5. The smallest absolute Gasteiger partial charge is 0.329 e. The summed E-state index contributed by atoms with van der Waals surface area (Å²) >= 11 is 0. The molecule has 0 saturated carbocycles. The van der Waals surface area contributed by atoms with E-state index in [4.69, 9.17) is 4.74 Å². The van der Waals surface area contributed by atoms with E-state index < -0.39 is 12.1 Å². The Kier molecular flexibility index (Phi) is 13.6. The van der Waals surface area contributed by atoms with Crippen LogP contribution in [-0.4, -0.2) is 89.7 Å². The van der Waals surface area contributed by atoms with Gasteiger partial charge in [0.2, 0.25) is 17.7 Å². The van der Waals surface area contributed by atoms with E-state index in [2.05, 4.69) is 17.1 Å². The first-order chi connectivity index (χ1) is 21.4. The van der Waals surface area contributed by atoms with Gasteiger partial charge in [-0.2, -0.15) is 0 Å². The van der Waals surface area contributed by atoms with Gasteiger partial charge in [0.25, 0.3) is 0 Å². The number of nitrogens with zero attached hydrogens (tertiary/aromatic N) is 3. The van der Waals surface area contributed by atoms with Gasteiger partial charge in [0, 0.05) is 19.2 Å². The zero-order valence-electron chi connectivity index (χ0n) is 28.8. The minimum absolute atomic E-state index is 0.00899. The van der Waals surface area contributed by atoms with Crippen LogP contribution in [0.1, 0.15) is 98.2 Å². The van der Waals surface area contributed by atoms with Crippen LogP contribution in [0.15, 0.2) is 42.0 Å². The summed E-state index contributed by atoms with van der Waals surface area (Å²) in [4.78, 5) is 59.6. The van der Waals surface area contributed by atoms with Crippen molar-refractivity contribution in [2.24, 2.45) is 11.8 Å². The van der Waals surface area contributed by atoms with Crippen molar-refractivity contribution in [2.45, 2.75) is 117 Å². The maximum Gasteiger partial charge on any atom is 0.329 e. The number of likely N-dealkylation sites (N-methyl/N-ethyl adjacent to an activating group) is 2. The molecule has 1 N–H and O–H groups in total. The van der Waals surface area contributed by atoms with Gasteiger partial charge in [0.05, 0.1) is 12.1 Å². The van der Waals surface area contributed by atoms with Gasteiger partial charge in [-0.25, -0.2) is 4.79 Å². The second-order valence-electron chi connectivity index (χ2n) is 13.5. The third kappa shape index (κ3) is 9.41. The lowest BCUT2D eigenvalue weighted by Crippen LogP contribution is -2.57. The Balaban J connectivity index is 1.73. The van der Waals surface area contributed by atoms with Crippen LogP contribution in [0.5, 0.6) is 0 Å². The zero-order valence-corrected chi connectivity index (χ0v) is 28.8. The highest BCUT2D eigenvalue weighted by Gasteiger charge is 2.38. The monoisotopic (exact) mass is 624 g/mol. The molecule has 0 radical (unpaired) electrons. The fourth-order valence-electron chi connectivity index (χ4n) is 6.54. The minimum Gasteiger partial charge on any atom is -0.456 e. The molecule has 3 amide bonds. The van der Waals surface area contributed by atoms with Gasteiger partial charge in [-0.1, -0.05) is 83.9 Å². The molecule has 0 unspecified atom stereocenters. The number of benzene rings is 1. The molecule has 0 aromatic heterocycles. The van der Waals surface area contributed by atoms with Gasteiger partial charge >= 0.3 is 5.97 Å². The molecule has 9 heteroatoms. The second kappa shape index (κ2) is 16.9. The third-order valence-corrected chi connectivity index (χ3v) is 9.31. The number of carbonyl (C=O) groups is 4. The molecule has 45 heavy (non-hydrogen) atoms. The normalized spacial score (nSPS) is 21.4. The summed E-state index contributed by atoms with van der Waals surface area (Å²) in [5.41, 5.74) is 1.43.